The molecule has 0 aliphatic carbocycles. The van der Waals surface area contributed by atoms with Crippen molar-refractivity contribution < 1.29 is 23.5 Å². The van der Waals surface area contributed by atoms with E-state index in [4.69, 9.17) is 13.9 Å². The Hall–Kier alpha value is -3.54. The highest BCUT2D eigenvalue weighted by Gasteiger charge is 2.26. The van der Waals surface area contributed by atoms with Gasteiger partial charge in [0.05, 0.1) is 13.4 Å². The predicted octanol–water partition coefficient (Wildman–Crippen LogP) is 3.83. The molecule has 2 aromatic carbocycles. The van der Waals surface area contributed by atoms with Gasteiger partial charge in [-0.3, -0.25) is 4.79 Å². The molecule has 1 unspecified atom stereocenters. The summed E-state index contributed by atoms with van der Waals surface area (Å²) in [7, 11) is 1.54. The second kappa shape index (κ2) is 8.02. The molecule has 3 rings (SSSR count). The molecule has 0 aliphatic heterocycles. The van der Waals surface area contributed by atoms with Crippen LogP contribution in [0.2, 0.25) is 0 Å². The predicted molar refractivity (Wildman–Crippen MR) is 94.9 cm³/mol. The zero-order valence-corrected chi connectivity index (χ0v) is 14.0. The Morgan fingerprint density at radius 2 is 1.81 bits per heavy atom. The van der Waals surface area contributed by atoms with E-state index in [0.717, 1.165) is 0 Å². The molecule has 0 spiro atoms. The molecule has 26 heavy (non-hydrogen) atoms. The number of carbonyl (C=O) groups is 2. The summed E-state index contributed by atoms with van der Waals surface area (Å²) in [6.07, 6.45) is 0.241. The molecule has 0 radical (unpaired) electrons. The molecule has 3 aromatic rings. The summed E-state index contributed by atoms with van der Waals surface area (Å²) >= 11 is 0. The number of hydrogen-bond donors (Lipinski definition) is 1. The first-order valence-corrected chi connectivity index (χ1v) is 7.92. The molecule has 6 heteroatoms. The quantitative estimate of drug-likeness (QED) is 0.683. The highest BCUT2D eigenvalue weighted by Crippen LogP contribution is 2.23. The van der Waals surface area contributed by atoms with E-state index in [1.165, 1.54) is 12.3 Å². The topological polar surface area (TPSA) is 77.8 Å². The van der Waals surface area contributed by atoms with Crippen LogP contribution in [0, 0.1) is 0 Å². The van der Waals surface area contributed by atoms with E-state index in [-0.39, 0.29) is 5.76 Å². The van der Waals surface area contributed by atoms with Gasteiger partial charge in [-0.1, -0.05) is 36.4 Å². The number of nitrogens with one attached hydrogen (secondary N) is 1. The van der Waals surface area contributed by atoms with Crippen molar-refractivity contribution in [1.82, 2.24) is 0 Å². The summed E-state index contributed by atoms with van der Waals surface area (Å²) in [5.41, 5.74) is 1.08. The lowest BCUT2D eigenvalue weighted by Gasteiger charge is -2.17. The fourth-order valence-electron chi connectivity index (χ4n) is 2.37. The molecule has 1 atom stereocenters. The van der Waals surface area contributed by atoms with Crippen molar-refractivity contribution in [2.75, 3.05) is 12.4 Å². The molecule has 0 saturated heterocycles. The second-order valence-electron chi connectivity index (χ2n) is 5.39. The minimum atomic E-state index is -1.12. The number of hydrogen-bond acceptors (Lipinski definition) is 5. The van der Waals surface area contributed by atoms with Crippen LogP contribution in [0.15, 0.2) is 77.4 Å². The van der Waals surface area contributed by atoms with Crippen LogP contribution in [-0.2, 0) is 9.53 Å². The van der Waals surface area contributed by atoms with E-state index in [2.05, 4.69) is 5.32 Å². The van der Waals surface area contributed by atoms with E-state index in [0.29, 0.717) is 17.0 Å². The number of furan rings is 1. The first-order chi connectivity index (χ1) is 12.7. The average molecular weight is 351 g/mol. The first kappa shape index (κ1) is 17.3. The molecule has 0 aliphatic rings. The standard InChI is InChI=1S/C20H17NO5/c1-24-16-10-5-9-15(13-16)21-19(22)18(14-7-3-2-4-8-14)26-20(23)17-11-6-12-25-17/h2-13,18H,1H3,(H,21,22). The molecular weight excluding hydrogens is 334 g/mol. The van der Waals surface area contributed by atoms with Gasteiger partial charge < -0.3 is 19.2 Å². The van der Waals surface area contributed by atoms with Crippen LogP contribution in [0.1, 0.15) is 22.2 Å². The number of rotatable bonds is 6. The van der Waals surface area contributed by atoms with E-state index in [9.17, 15) is 9.59 Å². The highest BCUT2D eigenvalue weighted by atomic mass is 16.6. The lowest BCUT2D eigenvalue weighted by atomic mass is 10.1. The van der Waals surface area contributed by atoms with Crippen LogP contribution in [0.25, 0.3) is 0 Å². The van der Waals surface area contributed by atoms with Crippen LogP contribution >= 0.6 is 0 Å². The minimum absolute atomic E-state index is 0.0279. The van der Waals surface area contributed by atoms with Gasteiger partial charge in [0.15, 0.2) is 0 Å². The fraction of sp³-hybridized carbons (Fsp3) is 0.100. The Balaban J connectivity index is 1.82. The fourth-order valence-corrected chi connectivity index (χ4v) is 2.37. The van der Waals surface area contributed by atoms with Crippen molar-refractivity contribution in [2.24, 2.45) is 0 Å². The first-order valence-electron chi connectivity index (χ1n) is 7.92. The second-order valence-corrected chi connectivity index (χ2v) is 5.39. The Morgan fingerprint density at radius 1 is 1.00 bits per heavy atom. The molecule has 1 heterocycles. The third-order valence-corrected chi connectivity index (χ3v) is 3.62. The number of ether oxygens (including phenoxy) is 2. The molecule has 1 aromatic heterocycles. The number of anilines is 1. The summed E-state index contributed by atoms with van der Waals surface area (Å²) in [4.78, 5) is 25.0. The minimum Gasteiger partial charge on any atom is -0.497 e. The third kappa shape index (κ3) is 4.10. The van der Waals surface area contributed by atoms with Gasteiger partial charge in [-0.25, -0.2) is 4.79 Å². The molecule has 1 amide bonds. The van der Waals surface area contributed by atoms with Crippen LogP contribution in [-0.4, -0.2) is 19.0 Å². The van der Waals surface area contributed by atoms with Crippen molar-refractivity contribution in [3.8, 4) is 5.75 Å². The number of amides is 1. The van der Waals surface area contributed by atoms with Crippen molar-refractivity contribution in [3.63, 3.8) is 0 Å². The molecule has 0 fully saturated rings. The molecular formula is C20H17NO5. The summed E-state index contributed by atoms with van der Waals surface area (Å²) in [6.45, 7) is 0. The van der Waals surface area contributed by atoms with Gasteiger partial charge in [0, 0.05) is 17.3 Å². The van der Waals surface area contributed by atoms with Gasteiger partial charge in [0.2, 0.25) is 11.9 Å². The largest absolute Gasteiger partial charge is 0.497 e. The number of esters is 1. The van der Waals surface area contributed by atoms with Crippen LogP contribution in [0.4, 0.5) is 5.69 Å². The van der Waals surface area contributed by atoms with Gasteiger partial charge in [0.25, 0.3) is 5.91 Å². The molecule has 132 valence electrons. The van der Waals surface area contributed by atoms with Crippen LogP contribution in [0.3, 0.4) is 0 Å². The SMILES string of the molecule is COc1cccc(NC(=O)C(OC(=O)c2ccco2)c2ccccc2)c1. The Kier molecular flexibility index (Phi) is 5.34. The molecule has 0 bridgehead atoms. The van der Waals surface area contributed by atoms with Gasteiger partial charge >= 0.3 is 5.97 Å². The zero-order chi connectivity index (χ0) is 18.4. The van der Waals surface area contributed by atoms with Gasteiger partial charge in [-0.05, 0) is 24.3 Å². The monoisotopic (exact) mass is 351 g/mol. The molecule has 1 N–H and O–H groups in total. The van der Waals surface area contributed by atoms with E-state index >= 15 is 0 Å². The van der Waals surface area contributed by atoms with E-state index < -0.39 is 18.0 Å². The van der Waals surface area contributed by atoms with E-state index in [1.54, 1.807) is 61.7 Å². The number of methoxy groups -OCH3 is 1. The summed E-state index contributed by atoms with van der Waals surface area (Å²) in [5, 5.41) is 2.74. The number of benzene rings is 2. The van der Waals surface area contributed by atoms with Gasteiger partial charge in [0.1, 0.15) is 5.75 Å². The molecule has 0 saturated carbocycles. The zero-order valence-electron chi connectivity index (χ0n) is 14.0. The van der Waals surface area contributed by atoms with Crippen molar-refractivity contribution >= 4 is 17.6 Å². The maximum absolute atomic E-state index is 12.8. The Bertz CT molecular complexity index is 874. The lowest BCUT2D eigenvalue weighted by Crippen LogP contribution is -2.25. The van der Waals surface area contributed by atoms with Gasteiger partial charge in [-0.2, -0.15) is 0 Å². The Labute approximate surface area is 150 Å². The van der Waals surface area contributed by atoms with Crippen molar-refractivity contribution in [2.45, 2.75) is 6.10 Å². The number of carbonyl (C=O) groups excluding carboxylic acids is 2. The van der Waals surface area contributed by atoms with Crippen LogP contribution in [0.5, 0.6) is 5.75 Å². The van der Waals surface area contributed by atoms with E-state index in [1.807, 2.05) is 6.07 Å². The maximum atomic E-state index is 12.8. The smallest absolute Gasteiger partial charge is 0.375 e. The normalized spacial score (nSPS) is 11.4. The third-order valence-electron chi connectivity index (χ3n) is 3.62. The maximum Gasteiger partial charge on any atom is 0.375 e. The van der Waals surface area contributed by atoms with Crippen molar-refractivity contribution in [1.29, 1.82) is 0 Å². The lowest BCUT2D eigenvalue weighted by molar-refractivity contribution is -0.125. The van der Waals surface area contributed by atoms with Gasteiger partial charge in [-0.15, -0.1) is 0 Å². The average Bonchev–Trinajstić information content (AvgIpc) is 3.21. The summed E-state index contributed by atoms with van der Waals surface area (Å²) in [6, 6.07) is 18.7. The summed E-state index contributed by atoms with van der Waals surface area (Å²) < 4.78 is 15.6. The highest BCUT2D eigenvalue weighted by molar-refractivity contribution is 5.97. The molecule has 6 nitrogen and oxygen atoms in total. The van der Waals surface area contributed by atoms with Crippen LogP contribution < -0.4 is 10.1 Å². The Morgan fingerprint density at radius 3 is 2.50 bits per heavy atom. The summed E-state index contributed by atoms with van der Waals surface area (Å²) in [5.74, 6) is -0.569. The van der Waals surface area contributed by atoms with Crippen molar-refractivity contribution in [3.05, 3.63) is 84.3 Å².